The maximum Gasteiger partial charge on any atom is 0.258 e. The van der Waals surface area contributed by atoms with Crippen LogP contribution < -0.4 is 9.62 Å². The molecule has 0 unspecified atom stereocenters. The van der Waals surface area contributed by atoms with Crippen LogP contribution in [-0.2, 0) is 23.0 Å². The molecule has 0 radical (unpaired) electrons. The minimum absolute atomic E-state index is 0.0250. The smallest absolute Gasteiger partial charge is 0.258 e. The molecule has 0 bridgehead atoms. The van der Waals surface area contributed by atoms with Crippen molar-refractivity contribution in [3.8, 4) is 0 Å². The molecular weight excluding hydrogens is 472 g/mol. The van der Waals surface area contributed by atoms with Gasteiger partial charge in [-0.3, -0.25) is 4.79 Å². The summed E-state index contributed by atoms with van der Waals surface area (Å²) in [5, 5.41) is 0. The number of anilines is 1. The van der Waals surface area contributed by atoms with E-state index in [4.69, 9.17) is 0 Å². The predicted octanol–water partition coefficient (Wildman–Crippen LogP) is 4.50. The summed E-state index contributed by atoms with van der Waals surface area (Å²) in [5.74, 6) is -0.0250. The Morgan fingerprint density at radius 1 is 1.17 bits per heavy atom. The number of amides is 1. The lowest BCUT2D eigenvalue weighted by atomic mass is 10.1. The van der Waals surface area contributed by atoms with Crippen molar-refractivity contribution in [1.29, 1.82) is 0 Å². The summed E-state index contributed by atoms with van der Waals surface area (Å²) in [5.41, 5.74) is 4.40. The van der Waals surface area contributed by atoms with Crippen LogP contribution in [0.25, 0.3) is 0 Å². The molecule has 0 aliphatic carbocycles. The second-order valence-corrected chi connectivity index (χ2v) is 11.3. The van der Waals surface area contributed by atoms with Crippen LogP contribution in [-0.4, -0.2) is 20.9 Å². The highest BCUT2D eigenvalue weighted by Crippen LogP contribution is 2.31. The number of carbonyl (C=O) groups excluding carboxylic acids is 1. The molecule has 0 fully saturated rings. The van der Waals surface area contributed by atoms with Crippen molar-refractivity contribution in [2.45, 2.75) is 24.1 Å². The predicted molar refractivity (Wildman–Crippen MR) is 119 cm³/mol. The Morgan fingerprint density at radius 2 is 1.97 bits per heavy atom. The van der Waals surface area contributed by atoms with E-state index >= 15 is 0 Å². The standard InChI is InChI=1S/C21H19BrN2O3S2/c1-14-4-2-3-5-17(14)21(25)24-11-10-16-7-6-15(12-18(16)24)13-23-29(26,27)20-9-8-19(22)28-20/h2-9,12,23H,10-11,13H2,1H3. The zero-order valence-electron chi connectivity index (χ0n) is 15.7. The Kier molecular flexibility index (Phi) is 5.61. The molecule has 5 nitrogen and oxygen atoms in total. The van der Waals surface area contributed by atoms with E-state index in [0.717, 1.165) is 32.6 Å². The minimum atomic E-state index is -3.57. The Bertz CT molecular complexity index is 1190. The fourth-order valence-electron chi connectivity index (χ4n) is 3.40. The van der Waals surface area contributed by atoms with Crippen LogP contribution >= 0.6 is 27.3 Å². The van der Waals surface area contributed by atoms with Gasteiger partial charge in [0, 0.05) is 24.3 Å². The number of hydrogen-bond donors (Lipinski definition) is 1. The van der Waals surface area contributed by atoms with Crippen molar-refractivity contribution < 1.29 is 13.2 Å². The Morgan fingerprint density at radius 3 is 2.69 bits per heavy atom. The highest BCUT2D eigenvalue weighted by Gasteiger charge is 2.26. The van der Waals surface area contributed by atoms with Gasteiger partial charge in [-0.1, -0.05) is 30.3 Å². The fourth-order valence-corrected chi connectivity index (χ4v) is 6.47. The molecule has 1 aromatic heterocycles. The first-order chi connectivity index (χ1) is 13.8. The average molecular weight is 491 g/mol. The Balaban J connectivity index is 1.55. The summed E-state index contributed by atoms with van der Waals surface area (Å²) < 4.78 is 28.6. The molecule has 29 heavy (non-hydrogen) atoms. The molecule has 150 valence electrons. The quantitative estimate of drug-likeness (QED) is 0.572. The van der Waals surface area contributed by atoms with Gasteiger partial charge < -0.3 is 4.90 Å². The Labute approximate surface area is 182 Å². The molecule has 1 aliphatic heterocycles. The van der Waals surface area contributed by atoms with Crippen molar-refractivity contribution in [2.75, 3.05) is 11.4 Å². The number of rotatable bonds is 5. The van der Waals surface area contributed by atoms with E-state index in [9.17, 15) is 13.2 Å². The number of benzene rings is 2. The number of fused-ring (bicyclic) bond motifs is 1. The molecule has 1 N–H and O–H groups in total. The van der Waals surface area contributed by atoms with Gasteiger partial charge in [0.25, 0.3) is 5.91 Å². The van der Waals surface area contributed by atoms with Gasteiger partial charge in [0.15, 0.2) is 0 Å². The van der Waals surface area contributed by atoms with Crippen LogP contribution in [0, 0.1) is 6.92 Å². The normalized spacial score (nSPS) is 13.5. The molecule has 4 rings (SSSR count). The molecule has 1 amide bonds. The summed E-state index contributed by atoms with van der Waals surface area (Å²) in [6.45, 7) is 2.72. The number of carbonyl (C=O) groups is 1. The largest absolute Gasteiger partial charge is 0.308 e. The number of halogens is 1. The Hall–Kier alpha value is -2.00. The van der Waals surface area contributed by atoms with Crippen LogP contribution in [0.15, 0.2) is 62.6 Å². The lowest BCUT2D eigenvalue weighted by Gasteiger charge is -2.19. The van der Waals surface area contributed by atoms with Crippen LogP contribution in [0.5, 0.6) is 0 Å². The van der Waals surface area contributed by atoms with Crippen LogP contribution in [0.2, 0.25) is 0 Å². The highest BCUT2D eigenvalue weighted by molar-refractivity contribution is 9.11. The number of sulfonamides is 1. The highest BCUT2D eigenvalue weighted by atomic mass is 79.9. The third-order valence-corrected chi connectivity index (χ3v) is 8.46. The van der Waals surface area contributed by atoms with E-state index < -0.39 is 10.0 Å². The molecular formula is C21H19BrN2O3S2. The maximum absolute atomic E-state index is 13.1. The van der Waals surface area contributed by atoms with Crippen molar-refractivity contribution in [3.05, 3.63) is 80.6 Å². The van der Waals surface area contributed by atoms with Crippen LogP contribution in [0.3, 0.4) is 0 Å². The van der Waals surface area contributed by atoms with Gasteiger partial charge in [0.05, 0.1) is 3.79 Å². The first-order valence-corrected chi connectivity index (χ1v) is 12.2. The zero-order chi connectivity index (χ0) is 20.6. The van der Waals surface area contributed by atoms with Crippen molar-refractivity contribution in [2.24, 2.45) is 0 Å². The first-order valence-electron chi connectivity index (χ1n) is 9.09. The second kappa shape index (κ2) is 8.02. The van der Waals surface area contributed by atoms with Crippen molar-refractivity contribution >= 4 is 48.9 Å². The molecule has 1 aliphatic rings. The van der Waals surface area contributed by atoms with Gasteiger partial charge in [-0.25, -0.2) is 13.1 Å². The minimum Gasteiger partial charge on any atom is -0.308 e. The SMILES string of the molecule is Cc1ccccc1C(=O)N1CCc2ccc(CNS(=O)(=O)c3ccc(Br)s3)cc21. The van der Waals surface area contributed by atoms with Gasteiger partial charge >= 0.3 is 0 Å². The van der Waals surface area contributed by atoms with E-state index in [1.165, 1.54) is 11.3 Å². The summed E-state index contributed by atoms with van der Waals surface area (Å²) in [6, 6.07) is 16.6. The van der Waals surface area contributed by atoms with E-state index in [1.807, 2.05) is 49.4 Å². The van der Waals surface area contributed by atoms with Crippen LogP contribution in [0.4, 0.5) is 5.69 Å². The summed E-state index contributed by atoms with van der Waals surface area (Å²) in [6.07, 6.45) is 0.794. The lowest BCUT2D eigenvalue weighted by molar-refractivity contribution is 0.0989. The number of thiophene rings is 1. The first kappa shape index (κ1) is 20.3. The summed E-state index contributed by atoms with van der Waals surface area (Å²) >= 11 is 4.45. The maximum atomic E-state index is 13.1. The lowest BCUT2D eigenvalue weighted by Crippen LogP contribution is -2.29. The van der Waals surface area contributed by atoms with E-state index in [2.05, 4.69) is 20.7 Å². The zero-order valence-corrected chi connectivity index (χ0v) is 18.9. The molecule has 0 saturated carbocycles. The molecule has 2 heterocycles. The molecule has 2 aromatic carbocycles. The van der Waals surface area contributed by atoms with E-state index in [0.29, 0.717) is 12.1 Å². The molecule has 0 spiro atoms. The molecule has 8 heteroatoms. The average Bonchev–Trinajstić information content (AvgIpc) is 3.33. The van der Waals surface area contributed by atoms with Crippen molar-refractivity contribution in [3.63, 3.8) is 0 Å². The van der Waals surface area contributed by atoms with E-state index in [-0.39, 0.29) is 16.7 Å². The fraction of sp³-hybridized carbons (Fsp3) is 0.190. The summed E-state index contributed by atoms with van der Waals surface area (Å²) in [7, 11) is -3.57. The summed E-state index contributed by atoms with van der Waals surface area (Å²) in [4.78, 5) is 14.8. The molecule has 3 aromatic rings. The van der Waals surface area contributed by atoms with Gasteiger partial charge in [-0.05, 0) is 70.2 Å². The van der Waals surface area contributed by atoms with Gasteiger partial charge in [-0.15, -0.1) is 11.3 Å². The van der Waals surface area contributed by atoms with Crippen LogP contribution in [0.1, 0.15) is 27.0 Å². The number of nitrogens with one attached hydrogen (secondary N) is 1. The van der Waals surface area contributed by atoms with Gasteiger partial charge in [0.2, 0.25) is 10.0 Å². The van der Waals surface area contributed by atoms with Crippen molar-refractivity contribution in [1.82, 2.24) is 4.72 Å². The number of aryl methyl sites for hydroxylation is 1. The monoisotopic (exact) mass is 490 g/mol. The third-order valence-electron chi connectivity index (χ3n) is 4.95. The molecule has 0 atom stereocenters. The third kappa shape index (κ3) is 4.16. The topological polar surface area (TPSA) is 66.5 Å². The second-order valence-electron chi connectivity index (χ2n) is 6.87. The number of nitrogens with zero attached hydrogens (tertiary/aromatic N) is 1. The number of hydrogen-bond acceptors (Lipinski definition) is 4. The van der Waals surface area contributed by atoms with Gasteiger partial charge in [-0.2, -0.15) is 0 Å². The van der Waals surface area contributed by atoms with Gasteiger partial charge in [0.1, 0.15) is 4.21 Å². The van der Waals surface area contributed by atoms with E-state index in [1.54, 1.807) is 17.0 Å². The molecule has 0 saturated heterocycles.